The number of aryl methyl sites for hydroxylation is 3. The minimum absolute atomic E-state index is 0.0844. The molecule has 0 atom stereocenters. The Balaban J connectivity index is 1.76. The van der Waals surface area contributed by atoms with E-state index in [1.807, 2.05) is 68.1 Å². The minimum atomic E-state index is 0.0844. The third kappa shape index (κ3) is 4.47. The molecule has 0 saturated heterocycles. The first kappa shape index (κ1) is 21.1. The van der Waals surface area contributed by atoms with Gasteiger partial charge in [0.2, 0.25) is 0 Å². The zero-order valence-electron chi connectivity index (χ0n) is 18.2. The van der Waals surface area contributed by atoms with E-state index < -0.39 is 0 Å². The first-order chi connectivity index (χ1) is 15.3. The van der Waals surface area contributed by atoms with Gasteiger partial charge in [0.05, 0.1) is 11.4 Å². The predicted octanol–water partition coefficient (Wildman–Crippen LogP) is 6.99. The molecule has 0 amide bonds. The Morgan fingerprint density at radius 3 is 1.69 bits per heavy atom. The molecule has 0 spiro atoms. The van der Waals surface area contributed by atoms with Gasteiger partial charge in [-0.15, -0.1) is 0 Å². The van der Waals surface area contributed by atoms with Crippen molar-refractivity contribution in [1.82, 2.24) is 0 Å². The van der Waals surface area contributed by atoms with Crippen LogP contribution in [0.2, 0.25) is 0 Å². The second kappa shape index (κ2) is 8.55. The van der Waals surface area contributed by atoms with Crippen LogP contribution in [0.5, 0.6) is 28.7 Å². The van der Waals surface area contributed by atoms with Crippen molar-refractivity contribution in [3.05, 3.63) is 95.6 Å². The van der Waals surface area contributed by atoms with E-state index in [0.717, 1.165) is 33.8 Å². The number of ether oxygens (including phenoxy) is 1. The molecule has 5 nitrogen and oxygen atoms in total. The Hall–Kier alpha value is -4.12. The van der Waals surface area contributed by atoms with Gasteiger partial charge in [0, 0.05) is 17.8 Å². The average Bonchev–Trinajstić information content (AvgIpc) is 2.71. The first-order valence-corrected chi connectivity index (χ1v) is 10.3. The summed E-state index contributed by atoms with van der Waals surface area (Å²) >= 11 is 0. The molecule has 0 unspecified atom stereocenters. The molecule has 0 fully saturated rings. The van der Waals surface area contributed by atoms with Gasteiger partial charge in [-0.05, 0) is 92.1 Å². The topological polar surface area (TPSA) is 73.2 Å². The Morgan fingerprint density at radius 2 is 1.19 bits per heavy atom. The number of para-hydroxylation sites is 1. The largest absolute Gasteiger partial charge is 0.508 e. The monoisotopic (exact) mass is 427 g/mol. The summed E-state index contributed by atoms with van der Waals surface area (Å²) in [6.45, 7) is 5.71. The van der Waals surface area contributed by atoms with Crippen molar-refractivity contribution in [3.8, 4) is 28.7 Å². The van der Waals surface area contributed by atoms with Gasteiger partial charge in [0.1, 0.15) is 17.2 Å². The highest BCUT2D eigenvalue weighted by atomic mass is 16.5. The molecule has 3 N–H and O–H groups in total. The van der Waals surface area contributed by atoms with Crippen LogP contribution in [0.4, 0.5) is 17.1 Å². The van der Waals surface area contributed by atoms with E-state index in [2.05, 4.69) is 0 Å². The molecule has 0 bridgehead atoms. The minimum Gasteiger partial charge on any atom is -0.508 e. The number of anilines is 3. The lowest BCUT2D eigenvalue weighted by atomic mass is 10.1. The van der Waals surface area contributed by atoms with Crippen molar-refractivity contribution >= 4 is 17.1 Å². The molecule has 4 rings (SSSR count). The highest BCUT2D eigenvalue weighted by Gasteiger charge is 2.16. The van der Waals surface area contributed by atoms with Crippen molar-refractivity contribution < 1.29 is 20.1 Å². The van der Waals surface area contributed by atoms with Crippen LogP contribution in [0.3, 0.4) is 0 Å². The standard InChI is InChI=1S/C27H25NO4/c1-17-11-21(15-23(29)13-17)28(22-12-18(2)14-24(30)16-22)20-7-9-25(10-8-20)32-27-19(3)5-4-6-26(27)31/h4-16,29-31H,1-3H3. The molecule has 5 heteroatoms. The van der Waals surface area contributed by atoms with E-state index in [-0.39, 0.29) is 17.2 Å². The summed E-state index contributed by atoms with van der Waals surface area (Å²) in [5.74, 6) is 1.41. The second-order valence-electron chi connectivity index (χ2n) is 7.91. The average molecular weight is 428 g/mol. The summed E-state index contributed by atoms with van der Waals surface area (Å²) in [6, 6.07) is 23.3. The van der Waals surface area contributed by atoms with Gasteiger partial charge in [-0.3, -0.25) is 0 Å². The van der Waals surface area contributed by atoms with Crippen LogP contribution in [-0.2, 0) is 0 Å². The fraction of sp³-hybridized carbons (Fsp3) is 0.111. The van der Waals surface area contributed by atoms with Crippen LogP contribution in [0.1, 0.15) is 16.7 Å². The second-order valence-corrected chi connectivity index (χ2v) is 7.91. The zero-order chi connectivity index (χ0) is 22.8. The van der Waals surface area contributed by atoms with Gasteiger partial charge < -0.3 is 25.0 Å². The summed E-state index contributed by atoms with van der Waals surface area (Å²) in [7, 11) is 0. The summed E-state index contributed by atoms with van der Waals surface area (Å²) in [5.41, 5.74) is 5.01. The summed E-state index contributed by atoms with van der Waals surface area (Å²) in [4.78, 5) is 1.95. The Kier molecular flexibility index (Phi) is 5.65. The highest BCUT2D eigenvalue weighted by molar-refractivity contribution is 5.78. The fourth-order valence-electron chi connectivity index (χ4n) is 3.74. The van der Waals surface area contributed by atoms with Crippen LogP contribution in [-0.4, -0.2) is 15.3 Å². The van der Waals surface area contributed by atoms with Gasteiger partial charge in [0.25, 0.3) is 0 Å². The van der Waals surface area contributed by atoms with Gasteiger partial charge in [-0.2, -0.15) is 0 Å². The number of hydrogen-bond donors (Lipinski definition) is 3. The van der Waals surface area contributed by atoms with Crippen LogP contribution in [0.25, 0.3) is 0 Å². The molecule has 4 aromatic carbocycles. The highest BCUT2D eigenvalue weighted by Crippen LogP contribution is 2.40. The number of phenols is 3. The van der Waals surface area contributed by atoms with Gasteiger partial charge in [-0.25, -0.2) is 0 Å². The molecule has 0 radical (unpaired) electrons. The molecule has 162 valence electrons. The van der Waals surface area contributed by atoms with E-state index in [1.165, 1.54) is 0 Å². The lowest BCUT2D eigenvalue weighted by molar-refractivity contribution is 0.409. The lowest BCUT2D eigenvalue weighted by Crippen LogP contribution is -2.10. The molecule has 32 heavy (non-hydrogen) atoms. The van der Waals surface area contributed by atoms with E-state index in [1.54, 1.807) is 36.4 Å². The SMILES string of the molecule is Cc1cc(O)cc(N(c2ccc(Oc3c(C)cccc3O)cc2)c2cc(C)cc(O)c2)c1. The van der Waals surface area contributed by atoms with Gasteiger partial charge in [0.15, 0.2) is 11.5 Å². The number of phenolic OH excluding ortho intramolecular Hbond substituents is 3. The van der Waals surface area contributed by atoms with Crippen molar-refractivity contribution in [1.29, 1.82) is 0 Å². The quantitative estimate of drug-likeness (QED) is 0.320. The summed E-state index contributed by atoms with van der Waals surface area (Å²) in [5, 5.41) is 30.5. The van der Waals surface area contributed by atoms with Crippen molar-refractivity contribution in [2.24, 2.45) is 0 Å². The van der Waals surface area contributed by atoms with E-state index in [9.17, 15) is 15.3 Å². The maximum absolute atomic E-state index is 10.2. The van der Waals surface area contributed by atoms with E-state index in [0.29, 0.717) is 11.5 Å². The van der Waals surface area contributed by atoms with Gasteiger partial charge in [-0.1, -0.05) is 12.1 Å². The van der Waals surface area contributed by atoms with Crippen LogP contribution >= 0.6 is 0 Å². The molecular formula is C27H25NO4. The molecule has 0 saturated carbocycles. The number of rotatable bonds is 5. The van der Waals surface area contributed by atoms with Crippen molar-refractivity contribution in [2.75, 3.05) is 4.90 Å². The molecule has 0 aromatic heterocycles. The molecule has 0 aliphatic heterocycles. The number of aromatic hydroxyl groups is 3. The number of benzene rings is 4. The summed E-state index contributed by atoms with van der Waals surface area (Å²) in [6.07, 6.45) is 0. The van der Waals surface area contributed by atoms with Crippen molar-refractivity contribution in [3.63, 3.8) is 0 Å². The molecule has 0 aliphatic carbocycles. The van der Waals surface area contributed by atoms with Crippen LogP contribution < -0.4 is 9.64 Å². The third-order valence-electron chi connectivity index (χ3n) is 5.12. The smallest absolute Gasteiger partial charge is 0.171 e. The maximum atomic E-state index is 10.2. The molecular weight excluding hydrogens is 402 g/mol. The van der Waals surface area contributed by atoms with Gasteiger partial charge >= 0.3 is 0 Å². The number of hydrogen-bond acceptors (Lipinski definition) is 5. The Bertz CT molecular complexity index is 1150. The molecule has 0 aliphatic rings. The molecule has 4 aromatic rings. The van der Waals surface area contributed by atoms with Crippen LogP contribution in [0, 0.1) is 20.8 Å². The van der Waals surface area contributed by atoms with Crippen LogP contribution in [0.15, 0.2) is 78.9 Å². The van der Waals surface area contributed by atoms with E-state index in [4.69, 9.17) is 4.74 Å². The van der Waals surface area contributed by atoms with E-state index >= 15 is 0 Å². The maximum Gasteiger partial charge on any atom is 0.171 e. The molecule has 0 heterocycles. The number of nitrogens with zero attached hydrogens (tertiary/aromatic N) is 1. The normalized spacial score (nSPS) is 10.7. The lowest BCUT2D eigenvalue weighted by Gasteiger charge is -2.26. The predicted molar refractivity (Wildman–Crippen MR) is 127 cm³/mol. The Morgan fingerprint density at radius 1 is 0.625 bits per heavy atom. The first-order valence-electron chi connectivity index (χ1n) is 10.3. The Labute approximate surface area is 187 Å². The zero-order valence-corrected chi connectivity index (χ0v) is 18.2. The summed E-state index contributed by atoms with van der Waals surface area (Å²) < 4.78 is 5.91. The van der Waals surface area contributed by atoms with Crippen molar-refractivity contribution in [2.45, 2.75) is 20.8 Å². The fourth-order valence-corrected chi connectivity index (χ4v) is 3.74. The third-order valence-corrected chi connectivity index (χ3v) is 5.12.